The largest absolute Gasteiger partial charge is 0.419 e. The van der Waals surface area contributed by atoms with Crippen molar-refractivity contribution in [3.63, 3.8) is 0 Å². The summed E-state index contributed by atoms with van der Waals surface area (Å²) in [6.45, 7) is 1.68. The summed E-state index contributed by atoms with van der Waals surface area (Å²) in [5.74, 6) is -1.80. The van der Waals surface area contributed by atoms with Gasteiger partial charge < -0.3 is 5.11 Å². The number of rotatable bonds is 3. The average Bonchev–Trinajstić information content (AvgIpc) is 2.46. The van der Waals surface area contributed by atoms with Gasteiger partial charge in [-0.3, -0.25) is 4.98 Å². The Hall–Kier alpha value is -1.95. The van der Waals surface area contributed by atoms with Gasteiger partial charge in [0.05, 0.1) is 11.7 Å². The molecule has 2 atom stereocenters. The van der Waals surface area contributed by atoms with E-state index in [1.54, 1.807) is 19.1 Å². The summed E-state index contributed by atoms with van der Waals surface area (Å²) in [5.41, 5.74) is -0.621. The summed E-state index contributed by atoms with van der Waals surface area (Å²) >= 11 is 0. The van der Waals surface area contributed by atoms with Crippen LogP contribution < -0.4 is 0 Å². The molecular formula is C15H13F4NO. The Balaban J connectivity index is 2.34. The van der Waals surface area contributed by atoms with Crippen molar-refractivity contribution in [2.45, 2.75) is 25.1 Å². The van der Waals surface area contributed by atoms with E-state index in [4.69, 9.17) is 0 Å². The zero-order valence-corrected chi connectivity index (χ0v) is 11.1. The fourth-order valence-corrected chi connectivity index (χ4v) is 2.08. The Morgan fingerprint density at radius 3 is 2.24 bits per heavy atom. The summed E-state index contributed by atoms with van der Waals surface area (Å²) in [6.07, 6.45) is -2.90. The van der Waals surface area contributed by atoms with E-state index in [1.807, 2.05) is 0 Å². The van der Waals surface area contributed by atoms with E-state index in [0.29, 0.717) is 6.07 Å². The quantitative estimate of drug-likeness (QED) is 0.866. The van der Waals surface area contributed by atoms with Crippen LogP contribution in [0.25, 0.3) is 0 Å². The van der Waals surface area contributed by atoms with Gasteiger partial charge in [-0.2, -0.15) is 13.2 Å². The maximum Gasteiger partial charge on any atom is 0.419 e. The third kappa shape index (κ3) is 3.39. The fourth-order valence-electron chi connectivity index (χ4n) is 2.08. The molecule has 1 N–H and O–H groups in total. The fraction of sp³-hybridized carbons (Fsp3) is 0.267. The maximum atomic E-state index is 13.2. The third-order valence-electron chi connectivity index (χ3n) is 3.34. The van der Waals surface area contributed by atoms with Crippen molar-refractivity contribution in [1.29, 1.82) is 0 Å². The predicted octanol–water partition coefficient (Wildman–Crippen LogP) is 4.08. The van der Waals surface area contributed by atoms with Crippen LogP contribution in [0.4, 0.5) is 17.6 Å². The Labute approximate surface area is 119 Å². The highest BCUT2D eigenvalue weighted by Crippen LogP contribution is 2.36. The molecule has 0 aliphatic carbocycles. The van der Waals surface area contributed by atoms with Crippen molar-refractivity contribution in [2.24, 2.45) is 0 Å². The predicted molar refractivity (Wildman–Crippen MR) is 69.0 cm³/mol. The summed E-state index contributed by atoms with van der Waals surface area (Å²) in [4.78, 5) is 3.84. The molecule has 1 heterocycles. The molecule has 0 aliphatic rings. The molecule has 2 nitrogen and oxygen atoms in total. The lowest BCUT2D eigenvalue weighted by molar-refractivity contribution is -0.140. The van der Waals surface area contributed by atoms with Crippen LogP contribution in [0.1, 0.15) is 35.6 Å². The second-order valence-electron chi connectivity index (χ2n) is 4.75. The van der Waals surface area contributed by atoms with Crippen molar-refractivity contribution < 1.29 is 22.7 Å². The first-order valence-electron chi connectivity index (χ1n) is 6.25. The number of nitrogens with zero attached hydrogens (tertiary/aromatic N) is 1. The number of aliphatic hydroxyl groups excluding tert-OH is 1. The van der Waals surface area contributed by atoms with Crippen LogP contribution in [-0.2, 0) is 6.18 Å². The number of benzene rings is 1. The van der Waals surface area contributed by atoms with Crippen molar-refractivity contribution in [3.8, 4) is 0 Å². The number of aliphatic hydroxyl groups is 1. The smallest absolute Gasteiger partial charge is 0.388 e. The lowest BCUT2D eigenvalue weighted by atomic mass is 9.90. The molecule has 2 unspecified atom stereocenters. The minimum absolute atomic E-state index is 0.0213. The van der Waals surface area contributed by atoms with Gasteiger partial charge in [0.25, 0.3) is 0 Å². The van der Waals surface area contributed by atoms with Crippen LogP contribution in [0.5, 0.6) is 0 Å². The molecule has 6 heteroatoms. The molecule has 0 amide bonds. The minimum Gasteiger partial charge on any atom is -0.388 e. The molecule has 1 aromatic carbocycles. The maximum absolute atomic E-state index is 13.2. The van der Waals surface area contributed by atoms with Gasteiger partial charge in [0.15, 0.2) is 0 Å². The molecular weight excluding hydrogens is 286 g/mol. The van der Waals surface area contributed by atoms with Crippen LogP contribution >= 0.6 is 0 Å². The van der Waals surface area contributed by atoms with Gasteiger partial charge in [-0.1, -0.05) is 13.0 Å². The molecule has 1 aromatic heterocycles. The first-order valence-corrected chi connectivity index (χ1v) is 6.25. The van der Waals surface area contributed by atoms with Crippen molar-refractivity contribution in [1.82, 2.24) is 4.98 Å². The van der Waals surface area contributed by atoms with E-state index >= 15 is 0 Å². The minimum atomic E-state index is -4.79. The van der Waals surface area contributed by atoms with Crippen molar-refractivity contribution >= 4 is 0 Å². The van der Waals surface area contributed by atoms with E-state index in [2.05, 4.69) is 4.98 Å². The van der Waals surface area contributed by atoms with Gasteiger partial charge in [-0.25, -0.2) is 4.39 Å². The molecule has 0 saturated heterocycles. The molecule has 2 rings (SSSR count). The average molecular weight is 299 g/mol. The number of alkyl halides is 3. The highest BCUT2D eigenvalue weighted by atomic mass is 19.4. The molecule has 21 heavy (non-hydrogen) atoms. The van der Waals surface area contributed by atoms with Crippen LogP contribution in [-0.4, -0.2) is 10.1 Å². The number of hydrogen-bond acceptors (Lipinski definition) is 2. The van der Waals surface area contributed by atoms with Crippen molar-refractivity contribution in [2.75, 3.05) is 0 Å². The van der Waals surface area contributed by atoms with Gasteiger partial charge >= 0.3 is 6.18 Å². The van der Waals surface area contributed by atoms with E-state index in [9.17, 15) is 22.7 Å². The summed E-state index contributed by atoms with van der Waals surface area (Å²) in [7, 11) is 0. The molecule has 0 aliphatic heterocycles. The van der Waals surface area contributed by atoms with Gasteiger partial charge in [0, 0.05) is 18.3 Å². The molecule has 112 valence electrons. The molecule has 2 aromatic rings. The lowest BCUT2D eigenvalue weighted by Gasteiger charge is -2.20. The molecule has 0 bridgehead atoms. The normalized spacial score (nSPS) is 14.8. The lowest BCUT2D eigenvalue weighted by Crippen LogP contribution is -2.12. The summed E-state index contributed by atoms with van der Waals surface area (Å²) in [5, 5.41) is 10.2. The summed E-state index contributed by atoms with van der Waals surface area (Å²) in [6, 6.07) is 5.87. The van der Waals surface area contributed by atoms with Gasteiger partial charge in [-0.05, 0) is 35.4 Å². The summed E-state index contributed by atoms with van der Waals surface area (Å²) < 4.78 is 51.3. The topological polar surface area (TPSA) is 33.1 Å². The molecule has 0 fully saturated rings. The van der Waals surface area contributed by atoms with Crippen LogP contribution in [0.2, 0.25) is 0 Å². The SMILES string of the molecule is CC(c1ccncc1)C(O)c1ccc(F)c(C(F)(F)F)c1. The Morgan fingerprint density at radius 1 is 1.05 bits per heavy atom. The highest BCUT2D eigenvalue weighted by molar-refractivity contribution is 5.31. The number of halogens is 4. The molecule has 0 radical (unpaired) electrons. The number of pyridine rings is 1. The second kappa shape index (κ2) is 5.81. The zero-order chi connectivity index (χ0) is 15.6. The van der Waals surface area contributed by atoms with Crippen molar-refractivity contribution in [3.05, 3.63) is 65.2 Å². The Morgan fingerprint density at radius 2 is 1.67 bits per heavy atom. The molecule has 0 saturated carbocycles. The van der Waals surface area contributed by atoms with Crippen LogP contribution in [0.15, 0.2) is 42.7 Å². The monoisotopic (exact) mass is 299 g/mol. The highest BCUT2D eigenvalue weighted by Gasteiger charge is 2.35. The van der Waals surface area contributed by atoms with E-state index in [-0.39, 0.29) is 5.56 Å². The van der Waals surface area contributed by atoms with E-state index in [0.717, 1.165) is 17.7 Å². The van der Waals surface area contributed by atoms with E-state index in [1.165, 1.54) is 12.4 Å². The second-order valence-corrected chi connectivity index (χ2v) is 4.75. The van der Waals surface area contributed by atoms with Crippen LogP contribution in [0, 0.1) is 5.82 Å². The Bertz CT molecular complexity index is 613. The van der Waals surface area contributed by atoms with Gasteiger partial charge in [-0.15, -0.1) is 0 Å². The van der Waals surface area contributed by atoms with E-state index < -0.39 is 29.6 Å². The Kier molecular flexibility index (Phi) is 4.27. The van der Waals surface area contributed by atoms with Gasteiger partial charge in [0.1, 0.15) is 5.82 Å². The zero-order valence-electron chi connectivity index (χ0n) is 11.1. The van der Waals surface area contributed by atoms with Crippen LogP contribution in [0.3, 0.4) is 0 Å². The molecule has 0 spiro atoms. The third-order valence-corrected chi connectivity index (χ3v) is 3.34. The van der Waals surface area contributed by atoms with Gasteiger partial charge in [0.2, 0.25) is 0 Å². The number of aromatic nitrogens is 1. The standard InChI is InChI=1S/C15H13F4NO/c1-9(10-4-6-20-7-5-10)14(21)11-2-3-13(16)12(8-11)15(17,18)19/h2-9,14,21H,1H3. The number of hydrogen-bond donors (Lipinski definition) is 1. The first-order chi connectivity index (χ1) is 9.80. The first kappa shape index (κ1) is 15.4.